The van der Waals surface area contributed by atoms with Gasteiger partial charge in [0.1, 0.15) is 5.82 Å². The summed E-state index contributed by atoms with van der Waals surface area (Å²) in [5.74, 6) is -1.13. The van der Waals surface area contributed by atoms with Crippen LogP contribution in [0.1, 0.15) is 35.7 Å². The maximum absolute atomic E-state index is 13.6. The predicted octanol–water partition coefficient (Wildman–Crippen LogP) is 3.94. The Morgan fingerprint density at radius 3 is 2.24 bits per heavy atom. The van der Waals surface area contributed by atoms with Gasteiger partial charge >= 0.3 is 0 Å². The van der Waals surface area contributed by atoms with Crippen molar-refractivity contribution >= 4 is 54.2 Å². The van der Waals surface area contributed by atoms with E-state index in [1.165, 1.54) is 30.0 Å². The van der Waals surface area contributed by atoms with Crippen LogP contribution in [0, 0.1) is 5.82 Å². The monoisotopic (exact) mass is 570 g/mol. The van der Waals surface area contributed by atoms with Gasteiger partial charge in [0.05, 0.1) is 21.7 Å². The molecule has 0 saturated carbocycles. The second-order valence-corrected chi connectivity index (χ2v) is 10.7. The zero-order valence-corrected chi connectivity index (χ0v) is 23.6. The van der Waals surface area contributed by atoms with E-state index in [0.29, 0.717) is 34.7 Å². The smallest absolute Gasteiger partial charge is 0.258 e. The number of hydrogen-bond donors (Lipinski definition) is 2. The summed E-state index contributed by atoms with van der Waals surface area (Å²) in [4.78, 5) is 30.7. The number of piperidine rings is 1. The van der Waals surface area contributed by atoms with E-state index in [2.05, 4.69) is 10.2 Å². The normalized spacial score (nSPS) is 18.4. The van der Waals surface area contributed by atoms with Crippen LogP contribution in [0.4, 0.5) is 10.1 Å². The van der Waals surface area contributed by atoms with Crippen LogP contribution in [-0.2, 0) is 10.4 Å². The number of aliphatic hydroxyl groups is 1. The molecule has 4 rings (SSSR count). The van der Waals surface area contributed by atoms with E-state index in [0.717, 1.165) is 31.6 Å². The summed E-state index contributed by atoms with van der Waals surface area (Å²) in [6.45, 7) is 4.18. The first-order valence-electron chi connectivity index (χ1n) is 12.0. The summed E-state index contributed by atoms with van der Waals surface area (Å²) >= 11 is 12.7. The predicted molar refractivity (Wildman–Crippen MR) is 149 cm³/mol. The number of nitrogens with one attached hydrogen (secondary N) is 1. The fourth-order valence-electron chi connectivity index (χ4n) is 4.88. The molecule has 2 amide bonds. The third kappa shape index (κ3) is 6.34. The zero-order valence-electron chi connectivity index (χ0n) is 21.1. The Morgan fingerprint density at radius 2 is 1.70 bits per heavy atom. The van der Waals surface area contributed by atoms with E-state index >= 15 is 0 Å². The number of nitrogens with zero attached hydrogens (tertiary/aromatic N) is 3. The SMILES string of the molecule is CN(C)C(=O)c1c(Cl)cc(NC2CN(C3CCN(C(=O)[C@@](C)(O)c4cccc(F)c4)CC3)C2)cc1Cl.S. The Labute approximate surface area is 233 Å². The molecule has 0 unspecified atom stereocenters. The molecule has 2 fully saturated rings. The number of carbonyl (C=O) groups excluding carboxylic acids is 2. The van der Waals surface area contributed by atoms with Gasteiger partial charge in [-0.15, -0.1) is 0 Å². The molecule has 0 aromatic heterocycles. The van der Waals surface area contributed by atoms with Gasteiger partial charge in [0, 0.05) is 52.0 Å². The van der Waals surface area contributed by atoms with Crippen LogP contribution in [0.3, 0.4) is 0 Å². The van der Waals surface area contributed by atoms with E-state index < -0.39 is 17.3 Å². The second kappa shape index (κ2) is 11.8. The van der Waals surface area contributed by atoms with Gasteiger partial charge in [-0.1, -0.05) is 35.3 Å². The summed E-state index contributed by atoms with van der Waals surface area (Å²) in [5, 5.41) is 14.9. The lowest BCUT2D eigenvalue weighted by molar-refractivity contribution is -0.152. The molecule has 0 spiro atoms. The topological polar surface area (TPSA) is 76.1 Å². The lowest BCUT2D eigenvalue weighted by atomic mass is 9.92. The average molecular weight is 572 g/mol. The van der Waals surface area contributed by atoms with Gasteiger partial charge in [-0.25, -0.2) is 4.39 Å². The van der Waals surface area contributed by atoms with Gasteiger partial charge in [-0.3, -0.25) is 14.5 Å². The Kier molecular flexibility index (Phi) is 9.40. The first-order chi connectivity index (χ1) is 17.0. The van der Waals surface area contributed by atoms with Crippen LogP contribution in [0.2, 0.25) is 10.0 Å². The van der Waals surface area contributed by atoms with Crippen molar-refractivity contribution in [2.45, 2.75) is 37.5 Å². The number of likely N-dealkylation sites (tertiary alicyclic amines) is 2. The first kappa shape index (κ1) is 29.5. The van der Waals surface area contributed by atoms with Crippen molar-refractivity contribution < 1.29 is 19.1 Å². The first-order valence-corrected chi connectivity index (χ1v) is 12.7. The Hall–Kier alpha value is -2.04. The number of hydrogen-bond acceptors (Lipinski definition) is 5. The van der Waals surface area contributed by atoms with E-state index in [1.807, 2.05) is 0 Å². The highest BCUT2D eigenvalue weighted by Crippen LogP contribution is 2.32. The highest BCUT2D eigenvalue weighted by Gasteiger charge is 2.40. The molecule has 11 heteroatoms. The molecule has 0 radical (unpaired) electrons. The molecular formula is C26H33Cl2FN4O3S. The van der Waals surface area contributed by atoms with Gasteiger partial charge in [-0.05, 0) is 49.6 Å². The summed E-state index contributed by atoms with van der Waals surface area (Å²) in [6.07, 6.45) is 1.60. The van der Waals surface area contributed by atoms with Crippen LogP contribution in [-0.4, -0.2) is 84.0 Å². The summed E-state index contributed by atoms with van der Waals surface area (Å²) in [6, 6.07) is 9.56. The minimum Gasteiger partial charge on any atom is -0.380 e. The molecule has 0 bridgehead atoms. The molecule has 0 aliphatic carbocycles. The standard InChI is InChI=1S/C26H31Cl2FN4O3.H2S/c1-26(36,16-5-4-6-17(29)11-16)25(35)32-9-7-20(8-10-32)33-14-19(15-33)30-18-12-21(27)23(22(28)13-18)24(34)31(2)3;/h4-6,11-13,19-20,30,36H,7-10,14-15H2,1-3H3;1H2/t26-;/m0./s1. The number of anilines is 1. The lowest BCUT2D eigenvalue weighted by Gasteiger charge is -2.48. The van der Waals surface area contributed by atoms with Crippen LogP contribution in [0.25, 0.3) is 0 Å². The van der Waals surface area contributed by atoms with Crippen molar-refractivity contribution in [3.63, 3.8) is 0 Å². The molecular weight excluding hydrogens is 538 g/mol. The number of rotatable bonds is 6. The van der Waals surface area contributed by atoms with E-state index in [-0.39, 0.29) is 31.0 Å². The van der Waals surface area contributed by atoms with E-state index in [4.69, 9.17) is 23.2 Å². The molecule has 1 atom stereocenters. The number of carbonyl (C=O) groups is 2. The molecule has 2 aromatic carbocycles. The quantitative estimate of drug-likeness (QED) is 0.550. The molecule has 2 N–H and O–H groups in total. The molecule has 37 heavy (non-hydrogen) atoms. The average Bonchev–Trinajstić information content (AvgIpc) is 2.80. The second-order valence-electron chi connectivity index (χ2n) is 9.92. The van der Waals surface area contributed by atoms with E-state index in [1.54, 1.807) is 37.2 Å². The largest absolute Gasteiger partial charge is 0.380 e. The fourth-order valence-corrected chi connectivity index (χ4v) is 5.53. The molecule has 202 valence electrons. The van der Waals surface area contributed by atoms with Crippen molar-refractivity contribution in [1.29, 1.82) is 0 Å². The molecule has 2 aromatic rings. The van der Waals surface area contributed by atoms with Gasteiger partial charge in [0.25, 0.3) is 11.8 Å². The highest BCUT2D eigenvalue weighted by molar-refractivity contribution is 7.59. The molecule has 2 aliphatic rings. The third-order valence-corrected chi connectivity index (χ3v) is 7.61. The molecule has 2 aliphatic heterocycles. The van der Waals surface area contributed by atoms with Crippen molar-refractivity contribution in [2.24, 2.45) is 0 Å². The third-order valence-electron chi connectivity index (χ3n) is 7.01. The van der Waals surface area contributed by atoms with Gasteiger partial charge in [0.2, 0.25) is 0 Å². The summed E-state index contributed by atoms with van der Waals surface area (Å²) in [5.41, 5.74) is -0.451. The molecule has 2 saturated heterocycles. The van der Waals surface area contributed by atoms with Gasteiger partial charge < -0.3 is 20.2 Å². The fraction of sp³-hybridized carbons (Fsp3) is 0.462. The minimum atomic E-state index is -1.77. The number of benzene rings is 2. The highest BCUT2D eigenvalue weighted by atomic mass is 35.5. The number of halogens is 3. The van der Waals surface area contributed by atoms with Crippen LogP contribution >= 0.6 is 36.7 Å². The van der Waals surface area contributed by atoms with Crippen molar-refractivity contribution in [3.05, 3.63) is 63.4 Å². The van der Waals surface area contributed by atoms with Crippen molar-refractivity contribution in [1.82, 2.24) is 14.7 Å². The van der Waals surface area contributed by atoms with Crippen LogP contribution < -0.4 is 5.32 Å². The Morgan fingerprint density at radius 1 is 1.11 bits per heavy atom. The maximum Gasteiger partial charge on any atom is 0.258 e. The molecule has 7 nitrogen and oxygen atoms in total. The van der Waals surface area contributed by atoms with Crippen LogP contribution in [0.15, 0.2) is 36.4 Å². The maximum atomic E-state index is 13.6. The minimum absolute atomic E-state index is 0. The summed E-state index contributed by atoms with van der Waals surface area (Å²) in [7, 11) is 3.30. The van der Waals surface area contributed by atoms with Crippen molar-refractivity contribution in [2.75, 3.05) is 45.6 Å². The van der Waals surface area contributed by atoms with Crippen LogP contribution in [0.5, 0.6) is 0 Å². The zero-order chi connectivity index (χ0) is 26.2. The Balaban J connectivity index is 0.00000380. The lowest BCUT2D eigenvalue weighted by Crippen LogP contribution is -2.61. The molecule has 2 heterocycles. The Bertz CT molecular complexity index is 1130. The van der Waals surface area contributed by atoms with E-state index in [9.17, 15) is 19.1 Å². The summed E-state index contributed by atoms with van der Waals surface area (Å²) < 4.78 is 13.6. The van der Waals surface area contributed by atoms with Gasteiger partial charge in [0.15, 0.2) is 5.60 Å². The van der Waals surface area contributed by atoms with Gasteiger partial charge in [-0.2, -0.15) is 13.5 Å². The van der Waals surface area contributed by atoms with Crippen molar-refractivity contribution in [3.8, 4) is 0 Å². The number of amides is 2.